The molecule has 4 nitrogen and oxygen atoms in total. The lowest BCUT2D eigenvalue weighted by Crippen LogP contribution is -2.31. The second kappa shape index (κ2) is 7.02. The first-order valence-electron chi connectivity index (χ1n) is 7.51. The van der Waals surface area contributed by atoms with Crippen molar-refractivity contribution < 1.29 is 9.21 Å². The molecule has 3 aromatic rings. The molecule has 5 heteroatoms. The van der Waals surface area contributed by atoms with Crippen LogP contribution >= 0.6 is 12.4 Å². The summed E-state index contributed by atoms with van der Waals surface area (Å²) >= 11 is 0. The molecular weight excluding hydrogens is 312 g/mol. The monoisotopic (exact) mass is 332 g/mol. The Bertz CT molecular complexity index is 842. The molecule has 1 heterocycles. The van der Waals surface area contributed by atoms with Crippen molar-refractivity contribution in [1.82, 2.24) is 5.32 Å². The zero-order valence-corrected chi connectivity index (χ0v) is 14.1. The Morgan fingerprint density at radius 1 is 1.22 bits per heavy atom. The summed E-state index contributed by atoms with van der Waals surface area (Å²) in [5.41, 5.74) is 7.22. The molecule has 0 aliphatic heterocycles. The minimum atomic E-state index is -0.182. The quantitative estimate of drug-likeness (QED) is 0.766. The molecule has 0 radical (unpaired) electrons. The molecule has 1 amide bonds. The van der Waals surface area contributed by atoms with Crippen LogP contribution < -0.4 is 11.1 Å². The van der Waals surface area contributed by atoms with E-state index in [4.69, 9.17) is 10.2 Å². The Hall–Kier alpha value is -2.04. The number of rotatable bonds is 4. The number of hydrogen-bond acceptors (Lipinski definition) is 3. The van der Waals surface area contributed by atoms with Gasteiger partial charge in [0.1, 0.15) is 5.58 Å². The molecule has 1 atom stereocenters. The number of benzene rings is 2. The van der Waals surface area contributed by atoms with Crippen LogP contribution in [0.3, 0.4) is 0 Å². The number of hydrogen-bond donors (Lipinski definition) is 2. The first kappa shape index (κ1) is 17.3. The Morgan fingerprint density at radius 3 is 2.70 bits per heavy atom. The topological polar surface area (TPSA) is 68.3 Å². The van der Waals surface area contributed by atoms with E-state index in [-0.39, 0.29) is 24.2 Å². The van der Waals surface area contributed by atoms with Crippen LogP contribution in [0.15, 0.2) is 40.8 Å². The zero-order chi connectivity index (χ0) is 15.7. The Labute approximate surface area is 141 Å². The third kappa shape index (κ3) is 3.19. The van der Waals surface area contributed by atoms with Gasteiger partial charge in [-0.25, -0.2) is 0 Å². The van der Waals surface area contributed by atoms with Gasteiger partial charge in [0.15, 0.2) is 5.76 Å². The van der Waals surface area contributed by atoms with Crippen LogP contribution in [-0.2, 0) is 0 Å². The van der Waals surface area contributed by atoms with E-state index in [1.165, 1.54) is 0 Å². The van der Waals surface area contributed by atoms with Crippen LogP contribution in [0, 0.1) is 12.8 Å². The highest BCUT2D eigenvalue weighted by molar-refractivity contribution is 6.08. The van der Waals surface area contributed by atoms with Gasteiger partial charge >= 0.3 is 0 Å². The Morgan fingerprint density at radius 2 is 1.96 bits per heavy atom. The van der Waals surface area contributed by atoms with Crippen LogP contribution in [0.5, 0.6) is 0 Å². The highest BCUT2D eigenvalue weighted by atomic mass is 35.5. The van der Waals surface area contributed by atoms with Crippen molar-refractivity contribution in [2.75, 3.05) is 13.1 Å². The zero-order valence-electron chi connectivity index (χ0n) is 13.3. The number of furan rings is 1. The molecule has 0 aliphatic rings. The summed E-state index contributed by atoms with van der Waals surface area (Å²) in [4.78, 5) is 12.3. The van der Waals surface area contributed by atoms with Crippen molar-refractivity contribution in [3.8, 4) is 0 Å². The number of carbonyl (C=O) groups is 1. The van der Waals surface area contributed by atoms with E-state index in [1.54, 1.807) is 0 Å². The standard InChI is InChI=1S/C18H20N2O2.ClH/c1-11(9-19)10-20-18(21)16-12(2)14-8-7-13-5-3-4-6-15(13)17(14)22-16;/h3-8,11H,9-10,19H2,1-2H3,(H,20,21);1H. The first-order valence-corrected chi connectivity index (χ1v) is 7.51. The molecule has 0 saturated carbocycles. The highest BCUT2D eigenvalue weighted by Crippen LogP contribution is 2.31. The predicted octanol–water partition coefficient (Wildman–Crippen LogP) is 3.64. The summed E-state index contributed by atoms with van der Waals surface area (Å²) in [6.07, 6.45) is 0. The molecular formula is C18H21ClN2O2. The third-order valence-electron chi connectivity index (χ3n) is 4.05. The Kier molecular flexibility index (Phi) is 5.29. The summed E-state index contributed by atoms with van der Waals surface area (Å²) in [5, 5.41) is 6.00. The van der Waals surface area contributed by atoms with Crippen LogP contribution in [-0.4, -0.2) is 19.0 Å². The number of amides is 1. The van der Waals surface area contributed by atoms with Crippen molar-refractivity contribution in [2.24, 2.45) is 11.7 Å². The maximum absolute atomic E-state index is 12.3. The molecule has 0 aliphatic carbocycles. The van der Waals surface area contributed by atoms with Gasteiger partial charge in [-0.1, -0.05) is 43.3 Å². The normalized spacial score (nSPS) is 12.1. The average Bonchev–Trinajstić information content (AvgIpc) is 2.89. The van der Waals surface area contributed by atoms with Gasteiger partial charge < -0.3 is 15.5 Å². The summed E-state index contributed by atoms with van der Waals surface area (Å²) < 4.78 is 5.90. The van der Waals surface area contributed by atoms with Crippen LogP contribution in [0.1, 0.15) is 23.0 Å². The summed E-state index contributed by atoms with van der Waals surface area (Å²) in [6, 6.07) is 12.1. The fourth-order valence-corrected chi connectivity index (χ4v) is 2.60. The van der Waals surface area contributed by atoms with Crippen LogP contribution in [0.4, 0.5) is 0 Å². The SMILES string of the molecule is Cc1c(C(=O)NCC(C)CN)oc2c1ccc1ccccc12.Cl. The van der Waals surface area contributed by atoms with E-state index in [0.717, 1.165) is 27.3 Å². The smallest absolute Gasteiger partial charge is 0.287 e. The molecule has 122 valence electrons. The molecule has 23 heavy (non-hydrogen) atoms. The molecule has 0 fully saturated rings. The number of nitrogens with one attached hydrogen (secondary N) is 1. The number of halogens is 1. The predicted molar refractivity (Wildman–Crippen MR) is 96.3 cm³/mol. The van der Waals surface area contributed by atoms with Gasteiger partial charge in [-0.2, -0.15) is 0 Å². The van der Waals surface area contributed by atoms with Gasteiger partial charge in [0, 0.05) is 22.9 Å². The van der Waals surface area contributed by atoms with Gasteiger partial charge in [-0.15, -0.1) is 12.4 Å². The number of carbonyl (C=O) groups excluding carboxylic acids is 1. The van der Waals surface area contributed by atoms with Crippen molar-refractivity contribution in [1.29, 1.82) is 0 Å². The first-order chi connectivity index (χ1) is 10.6. The molecule has 0 saturated heterocycles. The van der Waals surface area contributed by atoms with E-state index in [9.17, 15) is 4.79 Å². The fraction of sp³-hybridized carbons (Fsp3) is 0.278. The largest absolute Gasteiger partial charge is 0.450 e. The maximum atomic E-state index is 12.3. The average molecular weight is 333 g/mol. The van der Waals surface area contributed by atoms with E-state index >= 15 is 0 Å². The molecule has 0 spiro atoms. The number of nitrogens with two attached hydrogens (primary N) is 1. The van der Waals surface area contributed by atoms with E-state index in [0.29, 0.717) is 18.8 Å². The van der Waals surface area contributed by atoms with Crippen molar-refractivity contribution in [3.05, 3.63) is 47.7 Å². The van der Waals surface area contributed by atoms with Gasteiger partial charge in [-0.3, -0.25) is 4.79 Å². The van der Waals surface area contributed by atoms with Crippen molar-refractivity contribution >= 4 is 40.1 Å². The molecule has 3 rings (SSSR count). The molecule has 1 aromatic heterocycles. The maximum Gasteiger partial charge on any atom is 0.287 e. The molecule has 0 bridgehead atoms. The third-order valence-corrected chi connectivity index (χ3v) is 4.05. The summed E-state index contributed by atoms with van der Waals surface area (Å²) in [5.74, 6) is 0.447. The Balaban J connectivity index is 0.00000192. The second-order valence-electron chi connectivity index (χ2n) is 5.77. The van der Waals surface area contributed by atoms with E-state index < -0.39 is 0 Å². The van der Waals surface area contributed by atoms with Crippen molar-refractivity contribution in [3.63, 3.8) is 0 Å². The van der Waals surface area contributed by atoms with Gasteiger partial charge in [0.05, 0.1) is 0 Å². The van der Waals surface area contributed by atoms with Gasteiger partial charge in [-0.05, 0) is 24.8 Å². The van der Waals surface area contributed by atoms with Gasteiger partial charge in [0.2, 0.25) is 0 Å². The lowest BCUT2D eigenvalue weighted by Gasteiger charge is -2.08. The summed E-state index contributed by atoms with van der Waals surface area (Å²) in [6.45, 7) is 5.01. The van der Waals surface area contributed by atoms with E-state index in [1.807, 2.05) is 44.2 Å². The highest BCUT2D eigenvalue weighted by Gasteiger charge is 2.19. The molecule has 1 unspecified atom stereocenters. The fourth-order valence-electron chi connectivity index (χ4n) is 2.60. The van der Waals surface area contributed by atoms with Crippen LogP contribution in [0.25, 0.3) is 21.7 Å². The van der Waals surface area contributed by atoms with Crippen LogP contribution in [0.2, 0.25) is 0 Å². The number of aryl methyl sites for hydroxylation is 1. The lowest BCUT2D eigenvalue weighted by molar-refractivity contribution is 0.0922. The molecule has 2 aromatic carbocycles. The molecule has 3 N–H and O–H groups in total. The summed E-state index contributed by atoms with van der Waals surface area (Å²) in [7, 11) is 0. The second-order valence-corrected chi connectivity index (χ2v) is 5.77. The minimum Gasteiger partial charge on any atom is -0.450 e. The van der Waals surface area contributed by atoms with Gasteiger partial charge in [0.25, 0.3) is 5.91 Å². The number of fused-ring (bicyclic) bond motifs is 3. The lowest BCUT2D eigenvalue weighted by atomic mass is 10.1. The van der Waals surface area contributed by atoms with Crippen molar-refractivity contribution in [2.45, 2.75) is 13.8 Å². The van der Waals surface area contributed by atoms with E-state index in [2.05, 4.69) is 11.4 Å². The minimum absolute atomic E-state index is 0.